The van der Waals surface area contributed by atoms with Crippen molar-refractivity contribution in [2.75, 3.05) is 12.4 Å². The maximum atomic E-state index is 12.9. The molecule has 0 fully saturated rings. The number of carboxylic acids is 1. The number of hydrogen-bond donors (Lipinski definition) is 3. The number of carboxylic acid groups (broad SMARTS) is 1. The molecular weight excluding hydrogens is 372 g/mol. The van der Waals surface area contributed by atoms with E-state index in [2.05, 4.69) is 10.6 Å². The zero-order valence-corrected chi connectivity index (χ0v) is 17.0. The lowest BCUT2D eigenvalue weighted by Gasteiger charge is -2.22. The fourth-order valence-electron chi connectivity index (χ4n) is 2.94. The monoisotopic (exact) mass is 398 g/mol. The number of aromatic carboxylic acids is 1. The van der Waals surface area contributed by atoms with Crippen molar-refractivity contribution >= 4 is 23.5 Å². The third kappa shape index (κ3) is 5.89. The van der Waals surface area contributed by atoms with Gasteiger partial charge in [0.15, 0.2) is 0 Å². The fourth-order valence-corrected chi connectivity index (χ4v) is 2.94. The average molecular weight is 398 g/mol. The molecule has 3 N–H and O–H groups in total. The Morgan fingerprint density at radius 3 is 2.38 bits per heavy atom. The highest BCUT2D eigenvalue weighted by Gasteiger charge is 2.25. The lowest BCUT2D eigenvalue weighted by molar-refractivity contribution is -0.118. The van der Waals surface area contributed by atoms with Gasteiger partial charge in [0.25, 0.3) is 5.91 Å². The predicted molar refractivity (Wildman–Crippen MR) is 110 cm³/mol. The van der Waals surface area contributed by atoms with E-state index in [1.54, 1.807) is 18.2 Å². The molecule has 0 bridgehead atoms. The highest BCUT2D eigenvalue weighted by Crippen LogP contribution is 2.18. The maximum absolute atomic E-state index is 12.9. The Bertz CT molecular complexity index is 908. The van der Waals surface area contributed by atoms with E-state index in [-0.39, 0.29) is 24.0 Å². The Labute approximate surface area is 170 Å². The van der Waals surface area contributed by atoms with Crippen molar-refractivity contribution < 1.29 is 24.2 Å². The van der Waals surface area contributed by atoms with Crippen LogP contribution in [0.15, 0.2) is 42.5 Å². The van der Waals surface area contributed by atoms with Gasteiger partial charge < -0.3 is 20.5 Å². The summed E-state index contributed by atoms with van der Waals surface area (Å²) in [5.41, 5.74) is 2.30. The summed E-state index contributed by atoms with van der Waals surface area (Å²) in [5.74, 6) is -2.04. The van der Waals surface area contributed by atoms with Crippen molar-refractivity contribution in [3.8, 4) is 0 Å². The Hall–Kier alpha value is -3.19. The molecule has 7 nitrogen and oxygen atoms in total. The molecule has 0 saturated heterocycles. The molecule has 0 aromatic heterocycles. The summed E-state index contributed by atoms with van der Waals surface area (Å²) in [4.78, 5) is 36.8. The van der Waals surface area contributed by atoms with Crippen molar-refractivity contribution in [3.05, 3.63) is 64.7 Å². The van der Waals surface area contributed by atoms with Crippen LogP contribution in [0.25, 0.3) is 0 Å². The quantitative estimate of drug-likeness (QED) is 0.633. The van der Waals surface area contributed by atoms with Gasteiger partial charge in [-0.3, -0.25) is 9.59 Å². The molecule has 0 radical (unpaired) electrons. The van der Waals surface area contributed by atoms with Crippen LogP contribution in [0.1, 0.15) is 45.7 Å². The van der Waals surface area contributed by atoms with E-state index in [1.165, 1.54) is 19.2 Å². The third-order valence-corrected chi connectivity index (χ3v) is 4.44. The third-order valence-electron chi connectivity index (χ3n) is 4.44. The molecular formula is C22H26N2O5. The summed E-state index contributed by atoms with van der Waals surface area (Å²) in [7, 11) is 1.50. The SMILES string of the molecule is COCc1cc(NC(=O)C(NC(=O)c2ccccc2C)C(C)C)cc(C(=O)O)c1. The van der Waals surface area contributed by atoms with Crippen molar-refractivity contribution in [3.63, 3.8) is 0 Å². The first kappa shape index (κ1) is 22.1. The normalized spacial score (nSPS) is 11.8. The topological polar surface area (TPSA) is 105 Å². The second-order valence-corrected chi connectivity index (χ2v) is 7.16. The molecule has 2 aromatic rings. The van der Waals surface area contributed by atoms with Crippen LogP contribution in [0.2, 0.25) is 0 Å². The van der Waals surface area contributed by atoms with Gasteiger partial charge >= 0.3 is 5.97 Å². The first-order valence-electron chi connectivity index (χ1n) is 9.26. The molecule has 0 aliphatic carbocycles. The first-order chi connectivity index (χ1) is 13.7. The summed E-state index contributed by atoms with van der Waals surface area (Å²) < 4.78 is 5.06. The van der Waals surface area contributed by atoms with E-state index in [0.717, 1.165) is 5.56 Å². The van der Waals surface area contributed by atoms with Gasteiger partial charge in [0.1, 0.15) is 6.04 Å². The van der Waals surface area contributed by atoms with Crippen molar-refractivity contribution in [2.24, 2.45) is 5.92 Å². The molecule has 29 heavy (non-hydrogen) atoms. The van der Waals surface area contributed by atoms with Crippen LogP contribution in [0, 0.1) is 12.8 Å². The van der Waals surface area contributed by atoms with Gasteiger partial charge in [-0.25, -0.2) is 4.79 Å². The van der Waals surface area contributed by atoms with Crippen LogP contribution in [0.4, 0.5) is 5.69 Å². The minimum Gasteiger partial charge on any atom is -0.478 e. The lowest BCUT2D eigenvalue weighted by Crippen LogP contribution is -2.47. The van der Waals surface area contributed by atoms with E-state index < -0.39 is 17.9 Å². The Morgan fingerprint density at radius 1 is 1.10 bits per heavy atom. The smallest absolute Gasteiger partial charge is 0.335 e. The van der Waals surface area contributed by atoms with E-state index in [1.807, 2.05) is 32.9 Å². The number of benzene rings is 2. The molecule has 0 spiro atoms. The molecule has 2 amide bonds. The number of nitrogens with one attached hydrogen (secondary N) is 2. The van der Waals surface area contributed by atoms with Crippen molar-refractivity contribution in [1.82, 2.24) is 5.32 Å². The molecule has 7 heteroatoms. The van der Waals surface area contributed by atoms with E-state index in [0.29, 0.717) is 16.8 Å². The van der Waals surface area contributed by atoms with Crippen molar-refractivity contribution in [1.29, 1.82) is 0 Å². The predicted octanol–water partition coefficient (Wildman–Crippen LogP) is 3.23. The molecule has 1 atom stereocenters. The van der Waals surface area contributed by atoms with Crippen LogP contribution in [0.3, 0.4) is 0 Å². The number of methoxy groups -OCH3 is 1. The van der Waals surface area contributed by atoms with Gasteiger partial charge in [-0.05, 0) is 48.2 Å². The Kier molecular flexibility index (Phi) is 7.50. The molecule has 2 rings (SSSR count). The first-order valence-corrected chi connectivity index (χ1v) is 9.26. The van der Waals surface area contributed by atoms with E-state index in [9.17, 15) is 19.5 Å². The maximum Gasteiger partial charge on any atom is 0.335 e. The number of anilines is 1. The van der Waals surface area contributed by atoms with Gasteiger partial charge in [0, 0.05) is 18.4 Å². The highest BCUT2D eigenvalue weighted by atomic mass is 16.5. The Balaban J connectivity index is 2.22. The number of carbonyl (C=O) groups excluding carboxylic acids is 2. The second-order valence-electron chi connectivity index (χ2n) is 7.16. The number of carbonyl (C=O) groups is 3. The number of ether oxygens (including phenoxy) is 1. The fraction of sp³-hybridized carbons (Fsp3) is 0.318. The second kappa shape index (κ2) is 9.84. The molecule has 0 aliphatic rings. The molecule has 2 aromatic carbocycles. The van der Waals surface area contributed by atoms with Crippen LogP contribution < -0.4 is 10.6 Å². The van der Waals surface area contributed by atoms with Gasteiger partial charge in [0.05, 0.1) is 12.2 Å². The van der Waals surface area contributed by atoms with Crippen LogP contribution >= 0.6 is 0 Å². The summed E-state index contributed by atoms with van der Waals surface area (Å²) >= 11 is 0. The van der Waals surface area contributed by atoms with Crippen LogP contribution in [0.5, 0.6) is 0 Å². The van der Waals surface area contributed by atoms with Crippen molar-refractivity contribution in [2.45, 2.75) is 33.4 Å². The molecule has 0 heterocycles. The minimum absolute atomic E-state index is 0.0416. The Morgan fingerprint density at radius 2 is 1.79 bits per heavy atom. The van der Waals surface area contributed by atoms with Gasteiger partial charge in [-0.2, -0.15) is 0 Å². The zero-order chi connectivity index (χ0) is 21.6. The van der Waals surface area contributed by atoms with Gasteiger partial charge in [0.2, 0.25) is 5.91 Å². The number of amides is 2. The summed E-state index contributed by atoms with van der Waals surface area (Å²) in [6.45, 7) is 5.69. The molecule has 154 valence electrons. The van der Waals surface area contributed by atoms with Gasteiger partial charge in [-0.15, -0.1) is 0 Å². The average Bonchev–Trinajstić information content (AvgIpc) is 2.66. The van der Waals surface area contributed by atoms with E-state index in [4.69, 9.17) is 4.74 Å². The molecule has 1 unspecified atom stereocenters. The lowest BCUT2D eigenvalue weighted by atomic mass is 10.0. The van der Waals surface area contributed by atoms with Gasteiger partial charge in [-0.1, -0.05) is 32.0 Å². The summed E-state index contributed by atoms with van der Waals surface area (Å²) in [6.07, 6.45) is 0. The molecule has 0 aliphatic heterocycles. The molecule has 0 saturated carbocycles. The van der Waals surface area contributed by atoms with E-state index >= 15 is 0 Å². The number of rotatable bonds is 8. The largest absolute Gasteiger partial charge is 0.478 e. The highest BCUT2D eigenvalue weighted by molar-refractivity contribution is 6.02. The standard InChI is InChI=1S/C22H26N2O5/c1-13(2)19(24-20(25)18-8-6-5-7-14(18)3)21(26)23-17-10-15(12-29-4)9-16(11-17)22(27)28/h5-11,13,19H,12H2,1-4H3,(H,23,26)(H,24,25)(H,27,28). The number of hydrogen-bond acceptors (Lipinski definition) is 4. The van der Waals surface area contributed by atoms with Crippen LogP contribution in [-0.2, 0) is 16.1 Å². The summed E-state index contributed by atoms with van der Waals surface area (Å²) in [5, 5.41) is 14.8. The zero-order valence-electron chi connectivity index (χ0n) is 17.0. The number of aryl methyl sites for hydroxylation is 1. The summed E-state index contributed by atoms with van der Waals surface area (Å²) in [6, 6.07) is 10.9. The van der Waals surface area contributed by atoms with Crippen LogP contribution in [-0.4, -0.2) is 36.0 Å². The minimum atomic E-state index is -1.10.